The molecular formula is C9H10N4O. The van der Waals surface area contributed by atoms with Crippen molar-refractivity contribution in [2.24, 2.45) is 0 Å². The van der Waals surface area contributed by atoms with Crippen LogP contribution in [-0.4, -0.2) is 25.9 Å². The SMILES string of the molecule is Cc1nc2nc(C=O)nn2c(C)c1C. The van der Waals surface area contributed by atoms with Crippen LogP contribution >= 0.6 is 0 Å². The molecule has 0 saturated heterocycles. The molecule has 5 nitrogen and oxygen atoms in total. The molecule has 72 valence electrons. The second-order valence-corrected chi connectivity index (χ2v) is 3.21. The molecule has 2 rings (SSSR count). The van der Waals surface area contributed by atoms with Gasteiger partial charge in [0, 0.05) is 11.4 Å². The number of nitrogens with zero attached hydrogens (tertiary/aromatic N) is 4. The average Bonchev–Trinajstić information content (AvgIpc) is 2.57. The summed E-state index contributed by atoms with van der Waals surface area (Å²) in [5.74, 6) is 0.651. The largest absolute Gasteiger partial charge is 0.294 e. The van der Waals surface area contributed by atoms with Gasteiger partial charge in [-0.25, -0.2) is 9.50 Å². The summed E-state index contributed by atoms with van der Waals surface area (Å²) in [4.78, 5) is 18.7. The Hall–Kier alpha value is -1.78. The van der Waals surface area contributed by atoms with Gasteiger partial charge < -0.3 is 0 Å². The summed E-state index contributed by atoms with van der Waals surface area (Å²) in [5, 5.41) is 4.01. The summed E-state index contributed by atoms with van der Waals surface area (Å²) >= 11 is 0. The first-order valence-electron chi connectivity index (χ1n) is 4.29. The van der Waals surface area contributed by atoms with Crippen LogP contribution in [0.4, 0.5) is 0 Å². The molecule has 0 aliphatic heterocycles. The van der Waals surface area contributed by atoms with Crippen molar-refractivity contribution >= 4 is 12.1 Å². The van der Waals surface area contributed by atoms with Gasteiger partial charge >= 0.3 is 0 Å². The first-order chi connectivity index (χ1) is 6.63. The van der Waals surface area contributed by atoms with Gasteiger partial charge in [0.1, 0.15) is 0 Å². The quantitative estimate of drug-likeness (QED) is 0.626. The maximum absolute atomic E-state index is 10.5. The lowest BCUT2D eigenvalue weighted by atomic mass is 10.2. The third-order valence-corrected chi connectivity index (χ3v) is 2.38. The molecule has 0 bridgehead atoms. The predicted molar refractivity (Wildman–Crippen MR) is 50.4 cm³/mol. The van der Waals surface area contributed by atoms with Gasteiger partial charge in [-0.2, -0.15) is 4.98 Å². The van der Waals surface area contributed by atoms with Gasteiger partial charge in [-0.1, -0.05) is 0 Å². The zero-order valence-electron chi connectivity index (χ0n) is 8.27. The molecule has 0 aliphatic carbocycles. The van der Waals surface area contributed by atoms with E-state index in [4.69, 9.17) is 0 Å². The minimum atomic E-state index is 0.172. The van der Waals surface area contributed by atoms with Crippen molar-refractivity contribution in [3.8, 4) is 0 Å². The summed E-state index contributed by atoms with van der Waals surface area (Å²) in [6, 6.07) is 0. The number of carbonyl (C=O) groups excluding carboxylic acids is 1. The topological polar surface area (TPSA) is 60.2 Å². The van der Waals surface area contributed by atoms with Crippen molar-refractivity contribution < 1.29 is 4.79 Å². The first kappa shape index (κ1) is 8.80. The van der Waals surface area contributed by atoms with Gasteiger partial charge in [-0.05, 0) is 26.3 Å². The van der Waals surface area contributed by atoms with Crippen LogP contribution in [0.15, 0.2) is 0 Å². The number of carbonyl (C=O) groups is 1. The van der Waals surface area contributed by atoms with Crippen LogP contribution in [0, 0.1) is 20.8 Å². The van der Waals surface area contributed by atoms with E-state index in [9.17, 15) is 4.79 Å². The lowest BCUT2D eigenvalue weighted by Crippen LogP contribution is -2.02. The number of aldehydes is 1. The summed E-state index contributed by atoms with van der Waals surface area (Å²) in [6.07, 6.45) is 0.624. The normalized spacial score (nSPS) is 10.8. The van der Waals surface area contributed by atoms with Crippen LogP contribution in [-0.2, 0) is 0 Å². The van der Waals surface area contributed by atoms with E-state index < -0.39 is 0 Å². The fourth-order valence-electron chi connectivity index (χ4n) is 1.32. The molecule has 0 amide bonds. The van der Waals surface area contributed by atoms with Gasteiger partial charge in [-0.3, -0.25) is 4.79 Å². The molecular weight excluding hydrogens is 180 g/mol. The number of aryl methyl sites for hydroxylation is 2. The summed E-state index contributed by atoms with van der Waals surface area (Å²) in [5.41, 5.74) is 2.95. The lowest BCUT2D eigenvalue weighted by molar-refractivity contribution is 0.111. The Morgan fingerprint density at radius 2 is 1.93 bits per heavy atom. The van der Waals surface area contributed by atoms with Gasteiger partial charge in [-0.15, -0.1) is 5.10 Å². The minimum Gasteiger partial charge on any atom is -0.294 e. The van der Waals surface area contributed by atoms with E-state index in [0.29, 0.717) is 12.1 Å². The molecule has 2 heterocycles. The standard InChI is InChI=1S/C9H10N4O/c1-5-6(2)10-9-11-8(4-14)12-13(9)7(5)3/h4H,1-3H3. The molecule has 5 heteroatoms. The number of rotatable bonds is 1. The predicted octanol–water partition coefficient (Wildman–Crippen LogP) is 0.862. The molecule has 0 N–H and O–H groups in total. The highest BCUT2D eigenvalue weighted by molar-refractivity contribution is 5.69. The van der Waals surface area contributed by atoms with Crippen molar-refractivity contribution in [2.45, 2.75) is 20.8 Å². The van der Waals surface area contributed by atoms with E-state index in [1.54, 1.807) is 4.52 Å². The Kier molecular flexibility index (Phi) is 1.80. The third kappa shape index (κ3) is 1.09. The molecule has 2 aromatic rings. The Labute approximate surface area is 80.8 Å². The minimum absolute atomic E-state index is 0.172. The molecule has 0 aromatic carbocycles. The van der Waals surface area contributed by atoms with Crippen LogP contribution in [0.25, 0.3) is 5.78 Å². The zero-order valence-corrected chi connectivity index (χ0v) is 8.27. The van der Waals surface area contributed by atoms with Crippen LogP contribution < -0.4 is 0 Å². The van der Waals surface area contributed by atoms with E-state index in [2.05, 4.69) is 15.1 Å². The number of aromatic nitrogens is 4. The number of fused-ring (bicyclic) bond motifs is 1. The monoisotopic (exact) mass is 190 g/mol. The highest BCUT2D eigenvalue weighted by Gasteiger charge is 2.09. The fourth-order valence-corrected chi connectivity index (χ4v) is 1.32. The van der Waals surface area contributed by atoms with E-state index >= 15 is 0 Å². The summed E-state index contributed by atoms with van der Waals surface area (Å²) in [6.45, 7) is 5.82. The number of hydrogen-bond donors (Lipinski definition) is 0. The second kappa shape index (κ2) is 2.87. The molecule has 0 atom stereocenters. The Balaban J connectivity index is 2.87. The van der Waals surface area contributed by atoms with Crippen molar-refractivity contribution in [1.29, 1.82) is 0 Å². The van der Waals surface area contributed by atoms with Crippen molar-refractivity contribution in [1.82, 2.24) is 19.6 Å². The smallest absolute Gasteiger partial charge is 0.253 e. The molecule has 0 aliphatic rings. The van der Waals surface area contributed by atoms with Gasteiger partial charge in [0.05, 0.1) is 0 Å². The van der Waals surface area contributed by atoms with Crippen LogP contribution in [0.3, 0.4) is 0 Å². The lowest BCUT2D eigenvalue weighted by Gasteiger charge is -2.04. The highest BCUT2D eigenvalue weighted by atomic mass is 16.1. The Morgan fingerprint density at radius 3 is 2.57 bits per heavy atom. The van der Waals surface area contributed by atoms with Crippen molar-refractivity contribution in [3.63, 3.8) is 0 Å². The molecule has 0 spiro atoms. The van der Waals surface area contributed by atoms with E-state index in [0.717, 1.165) is 17.0 Å². The molecule has 2 aromatic heterocycles. The third-order valence-electron chi connectivity index (χ3n) is 2.38. The van der Waals surface area contributed by atoms with Crippen LogP contribution in [0.5, 0.6) is 0 Å². The van der Waals surface area contributed by atoms with Gasteiger partial charge in [0.15, 0.2) is 6.29 Å². The maximum atomic E-state index is 10.5. The van der Waals surface area contributed by atoms with Crippen LogP contribution in [0.1, 0.15) is 27.6 Å². The molecule has 0 saturated carbocycles. The second-order valence-electron chi connectivity index (χ2n) is 3.21. The van der Waals surface area contributed by atoms with Gasteiger partial charge in [0.2, 0.25) is 5.82 Å². The summed E-state index contributed by atoms with van der Waals surface area (Å²) in [7, 11) is 0. The highest BCUT2D eigenvalue weighted by Crippen LogP contribution is 2.11. The summed E-state index contributed by atoms with van der Waals surface area (Å²) < 4.78 is 1.59. The fraction of sp³-hybridized carbons (Fsp3) is 0.333. The number of hydrogen-bond acceptors (Lipinski definition) is 4. The van der Waals surface area contributed by atoms with E-state index in [1.165, 1.54) is 0 Å². The van der Waals surface area contributed by atoms with E-state index in [-0.39, 0.29) is 5.82 Å². The molecule has 0 unspecified atom stereocenters. The van der Waals surface area contributed by atoms with Crippen LogP contribution in [0.2, 0.25) is 0 Å². The maximum Gasteiger partial charge on any atom is 0.253 e. The molecule has 0 radical (unpaired) electrons. The van der Waals surface area contributed by atoms with Gasteiger partial charge in [0.25, 0.3) is 5.78 Å². The zero-order chi connectivity index (χ0) is 10.3. The first-order valence-corrected chi connectivity index (χ1v) is 4.29. The molecule has 0 fully saturated rings. The van der Waals surface area contributed by atoms with Crippen molar-refractivity contribution in [3.05, 3.63) is 22.8 Å². The average molecular weight is 190 g/mol. The Bertz CT molecular complexity index is 515. The molecule has 14 heavy (non-hydrogen) atoms. The van der Waals surface area contributed by atoms with Crippen molar-refractivity contribution in [2.75, 3.05) is 0 Å². The van der Waals surface area contributed by atoms with E-state index in [1.807, 2.05) is 20.8 Å². The Morgan fingerprint density at radius 1 is 1.21 bits per heavy atom.